The van der Waals surface area contributed by atoms with Gasteiger partial charge in [0.05, 0.1) is 7.11 Å². The Labute approximate surface area is 107 Å². The molecule has 1 aromatic carbocycles. The number of benzene rings is 1. The highest BCUT2D eigenvalue weighted by atomic mass is 16.5. The average Bonchev–Trinajstić information content (AvgIpc) is 2.43. The monoisotopic (exact) mass is 249 g/mol. The Morgan fingerprint density at radius 2 is 1.89 bits per heavy atom. The number of methoxy groups -OCH3 is 1. The maximum atomic E-state index is 12.3. The number of amides is 1. The molecule has 1 unspecified atom stereocenters. The first-order valence-corrected chi connectivity index (χ1v) is 6.03. The zero-order chi connectivity index (χ0) is 13.5. The summed E-state index contributed by atoms with van der Waals surface area (Å²) < 4.78 is 4.56. The summed E-state index contributed by atoms with van der Waals surface area (Å²) in [5, 5.41) is 2.59. The van der Waals surface area contributed by atoms with Gasteiger partial charge >= 0.3 is 6.09 Å². The number of alkyl carbamates (subject to hydrolysis) is 1. The van der Waals surface area contributed by atoms with Crippen molar-refractivity contribution in [2.75, 3.05) is 7.11 Å². The van der Waals surface area contributed by atoms with E-state index in [0.29, 0.717) is 0 Å². The molecule has 0 aliphatic carbocycles. The van der Waals surface area contributed by atoms with Gasteiger partial charge < -0.3 is 10.1 Å². The largest absolute Gasteiger partial charge is 0.453 e. The van der Waals surface area contributed by atoms with Gasteiger partial charge in [0.1, 0.15) is 6.04 Å². The predicted octanol–water partition coefficient (Wildman–Crippen LogP) is 2.70. The highest BCUT2D eigenvalue weighted by Gasteiger charge is 2.26. The summed E-state index contributed by atoms with van der Waals surface area (Å²) in [6.45, 7) is 3.81. The maximum absolute atomic E-state index is 12.3. The zero-order valence-electron chi connectivity index (χ0n) is 11.0. The summed E-state index contributed by atoms with van der Waals surface area (Å²) in [6.07, 6.45) is 0.144. The fourth-order valence-electron chi connectivity index (χ4n) is 1.63. The van der Waals surface area contributed by atoms with Crippen LogP contribution in [0.4, 0.5) is 4.79 Å². The third kappa shape index (κ3) is 3.58. The topological polar surface area (TPSA) is 55.4 Å². The highest BCUT2D eigenvalue weighted by Crippen LogP contribution is 2.19. The molecule has 0 aliphatic rings. The van der Waals surface area contributed by atoms with Crippen molar-refractivity contribution < 1.29 is 14.3 Å². The van der Waals surface area contributed by atoms with Crippen LogP contribution in [-0.4, -0.2) is 19.0 Å². The van der Waals surface area contributed by atoms with Gasteiger partial charge in [-0.3, -0.25) is 4.79 Å². The van der Waals surface area contributed by atoms with E-state index in [-0.39, 0.29) is 11.7 Å². The number of hydrogen-bond acceptors (Lipinski definition) is 3. The molecule has 1 N–H and O–H groups in total. The number of nitrogens with one attached hydrogen (secondary N) is 1. The lowest BCUT2D eigenvalue weighted by molar-refractivity contribution is -0.124. The molecule has 0 aliphatic heterocycles. The fourth-order valence-corrected chi connectivity index (χ4v) is 1.63. The van der Waals surface area contributed by atoms with Gasteiger partial charge in [-0.05, 0) is 12.0 Å². The smallest absolute Gasteiger partial charge is 0.407 e. The van der Waals surface area contributed by atoms with Crippen LogP contribution in [0.2, 0.25) is 0 Å². The van der Waals surface area contributed by atoms with Crippen molar-refractivity contribution in [1.29, 1.82) is 0 Å². The molecule has 0 radical (unpaired) electrons. The second-order valence-electron chi connectivity index (χ2n) is 4.19. The van der Waals surface area contributed by atoms with Crippen LogP contribution >= 0.6 is 0 Å². The molecule has 2 atom stereocenters. The van der Waals surface area contributed by atoms with E-state index in [2.05, 4.69) is 10.1 Å². The van der Waals surface area contributed by atoms with Gasteiger partial charge in [0, 0.05) is 5.92 Å². The van der Waals surface area contributed by atoms with Crippen molar-refractivity contribution in [2.45, 2.75) is 26.3 Å². The first kappa shape index (κ1) is 14.2. The molecular weight excluding hydrogens is 230 g/mol. The number of Topliss-reactive ketones (excluding diaryl/α,β-unsaturated/α-hetero) is 1. The van der Waals surface area contributed by atoms with Crippen LogP contribution in [0.25, 0.3) is 0 Å². The molecule has 0 saturated carbocycles. The molecule has 18 heavy (non-hydrogen) atoms. The van der Waals surface area contributed by atoms with Gasteiger partial charge in [-0.1, -0.05) is 44.2 Å². The van der Waals surface area contributed by atoms with Crippen molar-refractivity contribution >= 4 is 11.9 Å². The fraction of sp³-hybridized carbons (Fsp3) is 0.429. The second kappa shape index (κ2) is 6.79. The number of rotatable bonds is 5. The van der Waals surface area contributed by atoms with Crippen molar-refractivity contribution in [1.82, 2.24) is 5.32 Å². The van der Waals surface area contributed by atoms with E-state index in [1.807, 2.05) is 44.2 Å². The molecule has 1 amide bonds. The van der Waals surface area contributed by atoms with E-state index in [9.17, 15) is 9.59 Å². The summed E-state index contributed by atoms with van der Waals surface area (Å²) in [4.78, 5) is 23.6. The number of ether oxygens (including phenoxy) is 1. The minimum absolute atomic E-state index is 0.00546. The minimum Gasteiger partial charge on any atom is -0.453 e. The van der Waals surface area contributed by atoms with Crippen molar-refractivity contribution in [2.24, 2.45) is 5.92 Å². The van der Waals surface area contributed by atoms with Gasteiger partial charge in [0.2, 0.25) is 0 Å². The summed E-state index contributed by atoms with van der Waals surface area (Å²) in [7, 11) is 1.28. The zero-order valence-corrected chi connectivity index (χ0v) is 11.0. The summed E-state index contributed by atoms with van der Waals surface area (Å²) in [6, 6.07) is 8.54. The Morgan fingerprint density at radius 3 is 2.39 bits per heavy atom. The quantitative estimate of drug-likeness (QED) is 0.872. The summed E-state index contributed by atoms with van der Waals surface area (Å²) in [5.41, 5.74) is 0.771. The number of hydrogen-bond donors (Lipinski definition) is 1. The Kier molecular flexibility index (Phi) is 5.36. The molecule has 0 aromatic heterocycles. The van der Waals surface area contributed by atoms with E-state index >= 15 is 0 Å². The normalized spacial score (nSPS) is 13.5. The van der Waals surface area contributed by atoms with Gasteiger partial charge in [0.15, 0.2) is 5.78 Å². The van der Waals surface area contributed by atoms with Crippen LogP contribution in [0.5, 0.6) is 0 Å². The number of carbonyl (C=O) groups is 2. The molecule has 0 heterocycles. The lowest BCUT2D eigenvalue weighted by Crippen LogP contribution is -2.36. The Bertz CT molecular complexity index is 403. The van der Waals surface area contributed by atoms with Crippen LogP contribution in [0.1, 0.15) is 31.9 Å². The molecule has 0 bridgehead atoms. The van der Waals surface area contributed by atoms with E-state index in [0.717, 1.165) is 12.0 Å². The first-order chi connectivity index (χ1) is 8.60. The van der Waals surface area contributed by atoms with Gasteiger partial charge in [-0.25, -0.2) is 4.79 Å². The van der Waals surface area contributed by atoms with Crippen molar-refractivity contribution in [3.05, 3.63) is 35.9 Å². The Morgan fingerprint density at radius 1 is 1.28 bits per heavy atom. The predicted molar refractivity (Wildman–Crippen MR) is 69.2 cm³/mol. The summed E-state index contributed by atoms with van der Waals surface area (Å²) >= 11 is 0. The first-order valence-electron chi connectivity index (χ1n) is 6.03. The number of carbonyl (C=O) groups excluding carboxylic acids is 2. The van der Waals surface area contributed by atoms with Crippen LogP contribution in [-0.2, 0) is 9.53 Å². The van der Waals surface area contributed by atoms with Crippen molar-refractivity contribution in [3.8, 4) is 0 Å². The Hall–Kier alpha value is -1.84. The lowest BCUT2D eigenvalue weighted by Gasteiger charge is -2.20. The average molecular weight is 249 g/mol. The van der Waals surface area contributed by atoms with Crippen LogP contribution in [0, 0.1) is 5.92 Å². The van der Waals surface area contributed by atoms with Crippen LogP contribution in [0.15, 0.2) is 30.3 Å². The van der Waals surface area contributed by atoms with E-state index in [1.165, 1.54) is 7.11 Å². The molecule has 98 valence electrons. The Balaban J connectivity index is 2.95. The van der Waals surface area contributed by atoms with E-state index in [1.54, 1.807) is 0 Å². The minimum atomic E-state index is -0.645. The molecule has 1 rings (SSSR count). The highest BCUT2D eigenvalue weighted by molar-refractivity contribution is 5.90. The van der Waals surface area contributed by atoms with Gasteiger partial charge in [0.25, 0.3) is 0 Å². The third-order valence-electron chi connectivity index (χ3n) is 2.96. The molecule has 0 saturated heterocycles. The molecule has 4 heteroatoms. The maximum Gasteiger partial charge on any atom is 0.407 e. The number of ketones is 1. The molecule has 0 spiro atoms. The molecule has 4 nitrogen and oxygen atoms in total. The molecule has 0 fully saturated rings. The SMILES string of the molecule is CCC(C)C(=O)[C@H](NC(=O)OC)c1ccccc1. The molecular formula is C14H19NO3. The van der Waals surface area contributed by atoms with Crippen LogP contribution < -0.4 is 5.32 Å². The van der Waals surface area contributed by atoms with Gasteiger partial charge in [-0.2, -0.15) is 0 Å². The second-order valence-corrected chi connectivity index (χ2v) is 4.19. The lowest BCUT2D eigenvalue weighted by atomic mass is 9.93. The van der Waals surface area contributed by atoms with Crippen molar-refractivity contribution in [3.63, 3.8) is 0 Å². The molecule has 1 aromatic rings. The summed E-state index contributed by atoms with van der Waals surface area (Å²) in [5.74, 6) is -0.110. The van der Waals surface area contributed by atoms with Gasteiger partial charge in [-0.15, -0.1) is 0 Å². The van der Waals surface area contributed by atoms with E-state index < -0.39 is 12.1 Å². The van der Waals surface area contributed by atoms with E-state index in [4.69, 9.17) is 0 Å². The standard InChI is InChI=1S/C14H19NO3/c1-4-10(2)13(16)12(15-14(17)18-3)11-8-6-5-7-9-11/h5-10,12H,4H2,1-3H3,(H,15,17)/t10?,12-/m1/s1. The third-order valence-corrected chi connectivity index (χ3v) is 2.96. The van der Waals surface area contributed by atoms with Crippen LogP contribution in [0.3, 0.4) is 0 Å².